The molecule has 0 radical (unpaired) electrons. The minimum atomic E-state index is -0.719. The Morgan fingerprint density at radius 2 is 1.42 bits per heavy atom. The molecule has 3 rings (SSSR count). The first-order valence-electron chi connectivity index (χ1n) is 11.8. The van der Waals surface area contributed by atoms with Crippen molar-refractivity contribution in [1.82, 2.24) is 0 Å². The number of hydrogen-bond donors (Lipinski definition) is 2. The molecule has 0 aliphatic heterocycles. The zero-order valence-corrected chi connectivity index (χ0v) is 19.5. The number of aliphatic hydroxyl groups is 2. The summed E-state index contributed by atoms with van der Waals surface area (Å²) in [7, 11) is 0. The van der Waals surface area contributed by atoms with Crippen LogP contribution < -0.4 is 9.47 Å². The van der Waals surface area contributed by atoms with Crippen molar-refractivity contribution >= 4 is 0 Å². The van der Waals surface area contributed by atoms with E-state index in [0.29, 0.717) is 6.61 Å². The normalized spacial score (nSPS) is 17.0. The van der Waals surface area contributed by atoms with Crippen LogP contribution in [0.3, 0.4) is 0 Å². The van der Waals surface area contributed by atoms with E-state index >= 15 is 0 Å². The van der Waals surface area contributed by atoms with Gasteiger partial charge in [-0.15, -0.1) is 6.42 Å². The summed E-state index contributed by atoms with van der Waals surface area (Å²) in [5.74, 6) is 4.05. The Bertz CT molecular complexity index is 863. The Morgan fingerprint density at radius 3 is 1.94 bits per heavy atom. The highest BCUT2D eigenvalue weighted by molar-refractivity contribution is 5.43. The Labute approximate surface area is 197 Å². The van der Waals surface area contributed by atoms with Crippen LogP contribution >= 0.6 is 0 Å². The maximum atomic E-state index is 9.95. The number of benzene rings is 2. The van der Waals surface area contributed by atoms with Gasteiger partial charge < -0.3 is 24.4 Å². The number of terminal acetylenes is 1. The highest BCUT2D eigenvalue weighted by Gasteiger charge is 2.35. The van der Waals surface area contributed by atoms with E-state index in [4.69, 9.17) is 20.6 Å². The highest BCUT2D eigenvalue weighted by atomic mass is 16.5. The SMILES string of the molecule is C#CCOCC(O)COc1ccc(C2(c3ccc(OCC(C)CO)cc3)CCCCC2)cc1. The van der Waals surface area contributed by atoms with Gasteiger partial charge in [0.25, 0.3) is 0 Å². The molecule has 1 aliphatic rings. The average molecular weight is 453 g/mol. The van der Waals surface area contributed by atoms with Gasteiger partial charge in [0.05, 0.1) is 13.2 Å². The molecular formula is C28H36O5. The van der Waals surface area contributed by atoms with E-state index in [1.54, 1.807) is 0 Å². The predicted molar refractivity (Wildman–Crippen MR) is 130 cm³/mol. The highest BCUT2D eigenvalue weighted by Crippen LogP contribution is 2.45. The van der Waals surface area contributed by atoms with Crippen molar-refractivity contribution in [2.24, 2.45) is 5.92 Å². The fourth-order valence-electron chi connectivity index (χ4n) is 4.43. The molecule has 1 saturated carbocycles. The van der Waals surface area contributed by atoms with Crippen molar-refractivity contribution in [1.29, 1.82) is 0 Å². The van der Waals surface area contributed by atoms with Crippen LogP contribution in [-0.4, -0.2) is 49.4 Å². The Morgan fingerprint density at radius 1 is 0.879 bits per heavy atom. The van der Waals surface area contributed by atoms with E-state index in [-0.39, 0.29) is 37.8 Å². The fraction of sp³-hybridized carbons (Fsp3) is 0.500. The summed E-state index contributed by atoms with van der Waals surface area (Å²) in [4.78, 5) is 0. The van der Waals surface area contributed by atoms with Crippen LogP contribution in [0.2, 0.25) is 0 Å². The molecule has 2 unspecified atom stereocenters. The molecule has 2 aromatic rings. The molecule has 5 nitrogen and oxygen atoms in total. The molecule has 33 heavy (non-hydrogen) atoms. The zero-order valence-electron chi connectivity index (χ0n) is 19.5. The Balaban J connectivity index is 1.69. The van der Waals surface area contributed by atoms with Crippen LogP contribution in [0.4, 0.5) is 0 Å². The number of ether oxygens (including phenoxy) is 3. The van der Waals surface area contributed by atoms with E-state index in [2.05, 4.69) is 30.2 Å². The Kier molecular flexibility index (Phi) is 9.62. The molecule has 0 saturated heterocycles. The molecule has 178 valence electrons. The minimum absolute atomic E-state index is 0.0176. The van der Waals surface area contributed by atoms with Crippen molar-refractivity contribution in [2.45, 2.75) is 50.5 Å². The second-order valence-corrected chi connectivity index (χ2v) is 8.97. The summed E-state index contributed by atoms with van der Waals surface area (Å²) in [6, 6.07) is 16.7. The summed E-state index contributed by atoms with van der Waals surface area (Å²) in [5.41, 5.74) is 2.57. The smallest absolute Gasteiger partial charge is 0.119 e. The van der Waals surface area contributed by atoms with Crippen molar-refractivity contribution in [3.63, 3.8) is 0 Å². The van der Waals surface area contributed by atoms with Crippen LogP contribution in [0.1, 0.15) is 50.2 Å². The van der Waals surface area contributed by atoms with Crippen molar-refractivity contribution < 1.29 is 24.4 Å². The molecule has 0 bridgehead atoms. The largest absolute Gasteiger partial charge is 0.493 e. The third-order valence-electron chi connectivity index (χ3n) is 6.31. The summed E-state index contributed by atoms with van der Waals surface area (Å²) in [5, 5.41) is 19.1. The summed E-state index contributed by atoms with van der Waals surface area (Å²) in [6.07, 6.45) is 10.3. The molecule has 1 fully saturated rings. The first kappa shape index (κ1) is 25.1. The third-order valence-corrected chi connectivity index (χ3v) is 6.31. The van der Waals surface area contributed by atoms with E-state index in [0.717, 1.165) is 24.3 Å². The van der Waals surface area contributed by atoms with Gasteiger partial charge in [-0.1, -0.05) is 56.4 Å². The van der Waals surface area contributed by atoms with E-state index in [1.165, 1.54) is 30.4 Å². The summed E-state index contributed by atoms with van der Waals surface area (Å²) in [6.45, 7) is 3.09. The standard InChI is InChI=1S/C28H36O5/c1-3-17-31-20-25(30)21-33-27-13-9-24(10-14-27)28(15-5-4-6-16-28)23-7-11-26(12-8-23)32-19-22(2)18-29/h1,7-14,22,25,29-30H,4-6,15-21H2,2H3. The van der Waals surface area contributed by atoms with Crippen LogP contribution in [0.15, 0.2) is 48.5 Å². The second-order valence-electron chi connectivity index (χ2n) is 8.97. The predicted octanol–water partition coefficient (Wildman–Crippen LogP) is 4.33. The van der Waals surface area contributed by atoms with Crippen LogP contribution in [-0.2, 0) is 10.2 Å². The van der Waals surface area contributed by atoms with Crippen LogP contribution in [0.25, 0.3) is 0 Å². The van der Waals surface area contributed by atoms with Crippen molar-refractivity contribution in [2.75, 3.05) is 33.0 Å². The maximum absolute atomic E-state index is 9.95. The molecule has 0 heterocycles. The van der Waals surface area contributed by atoms with Gasteiger partial charge in [0.2, 0.25) is 0 Å². The lowest BCUT2D eigenvalue weighted by atomic mass is 9.65. The molecular weight excluding hydrogens is 416 g/mol. The average Bonchev–Trinajstić information content (AvgIpc) is 2.87. The van der Waals surface area contributed by atoms with Gasteiger partial charge in [-0.2, -0.15) is 0 Å². The monoisotopic (exact) mass is 452 g/mol. The molecule has 0 amide bonds. The first-order valence-corrected chi connectivity index (χ1v) is 11.8. The van der Waals surface area contributed by atoms with Crippen LogP contribution in [0.5, 0.6) is 11.5 Å². The van der Waals surface area contributed by atoms with Crippen LogP contribution in [0, 0.1) is 18.3 Å². The molecule has 2 atom stereocenters. The lowest BCUT2D eigenvalue weighted by Crippen LogP contribution is -2.30. The van der Waals surface area contributed by atoms with Gasteiger partial charge in [0.1, 0.15) is 30.8 Å². The molecule has 2 N–H and O–H groups in total. The summed E-state index contributed by atoms with van der Waals surface area (Å²) < 4.78 is 16.7. The third kappa shape index (κ3) is 6.98. The van der Waals surface area contributed by atoms with Gasteiger partial charge in [-0.25, -0.2) is 0 Å². The molecule has 5 heteroatoms. The molecule has 2 aromatic carbocycles. The fourth-order valence-corrected chi connectivity index (χ4v) is 4.43. The number of rotatable bonds is 12. The van der Waals surface area contributed by atoms with Gasteiger partial charge >= 0.3 is 0 Å². The Hall–Kier alpha value is -2.52. The maximum Gasteiger partial charge on any atom is 0.119 e. The van der Waals surface area contributed by atoms with E-state index < -0.39 is 6.10 Å². The van der Waals surface area contributed by atoms with Gasteiger partial charge in [0.15, 0.2) is 0 Å². The second kappa shape index (κ2) is 12.6. The minimum Gasteiger partial charge on any atom is -0.493 e. The molecule has 0 aromatic heterocycles. The first-order chi connectivity index (χ1) is 16.1. The number of hydrogen-bond acceptors (Lipinski definition) is 5. The van der Waals surface area contributed by atoms with Gasteiger partial charge in [-0.05, 0) is 48.2 Å². The van der Waals surface area contributed by atoms with Crippen molar-refractivity contribution in [3.05, 3.63) is 59.7 Å². The lowest BCUT2D eigenvalue weighted by molar-refractivity contribution is 0.0229. The lowest BCUT2D eigenvalue weighted by Gasteiger charge is -2.38. The van der Waals surface area contributed by atoms with Gasteiger partial charge in [0, 0.05) is 17.9 Å². The zero-order chi connectivity index (χ0) is 23.5. The quantitative estimate of drug-likeness (QED) is 0.371. The van der Waals surface area contributed by atoms with E-state index in [9.17, 15) is 10.2 Å². The number of aliphatic hydroxyl groups excluding tert-OH is 2. The van der Waals surface area contributed by atoms with Gasteiger partial charge in [-0.3, -0.25) is 0 Å². The van der Waals surface area contributed by atoms with Crippen molar-refractivity contribution in [3.8, 4) is 23.8 Å². The molecule has 1 aliphatic carbocycles. The molecule has 0 spiro atoms. The summed E-state index contributed by atoms with van der Waals surface area (Å²) >= 11 is 0. The topological polar surface area (TPSA) is 68.2 Å². The van der Waals surface area contributed by atoms with E-state index in [1.807, 2.05) is 31.2 Å².